The van der Waals surface area contributed by atoms with E-state index in [1.54, 1.807) is 42.5 Å². The van der Waals surface area contributed by atoms with Crippen molar-refractivity contribution in [1.29, 1.82) is 0 Å². The number of furan rings is 1. The zero-order valence-corrected chi connectivity index (χ0v) is 12.5. The molecule has 1 aromatic heterocycles. The van der Waals surface area contributed by atoms with E-state index in [1.807, 2.05) is 0 Å². The molecule has 0 aliphatic carbocycles. The van der Waals surface area contributed by atoms with Crippen LogP contribution in [0, 0.1) is 0 Å². The maximum Gasteiger partial charge on any atom is 0.399 e. The third kappa shape index (κ3) is 3.35. The second-order valence-electron chi connectivity index (χ2n) is 5.09. The molecule has 2 amide bonds. The van der Waals surface area contributed by atoms with Crippen LogP contribution in [0.5, 0.6) is 5.75 Å². The normalized spacial score (nSPS) is 14.6. The van der Waals surface area contributed by atoms with E-state index < -0.39 is 17.8 Å². The van der Waals surface area contributed by atoms with Crippen LogP contribution < -0.4 is 0 Å². The molecule has 1 fully saturated rings. The molecule has 2 heterocycles. The van der Waals surface area contributed by atoms with Gasteiger partial charge in [0, 0.05) is 12.8 Å². The summed E-state index contributed by atoms with van der Waals surface area (Å²) in [6, 6.07) is 9.48. The number of phenols is 1. The van der Waals surface area contributed by atoms with Crippen LogP contribution in [0.25, 0.3) is 12.2 Å². The molecule has 24 heavy (non-hydrogen) atoms. The van der Waals surface area contributed by atoms with E-state index >= 15 is 0 Å². The number of hydroxylamine groups is 2. The molecular formula is C17H13NO6. The molecule has 7 nitrogen and oxygen atoms in total. The highest BCUT2D eigenvalue weighted by Gasteiger charge is 2.33. The Labute approximate surface area is 136 Å². The van der Waals surface area contributed by atoms with Crippen molar-refractivity contribution in [2.75, 3.05) is 0 Å². The number of carbonyl (C=O) groups excluding carboxylic acids is 3. The van der Waals surface area contributed by atoms with Gasteiger partial charge in [0.15, 0.2) is 0 Å². The Hall–Kier alpha value is -3.35. The Morgan fingerprint density at radius 2 is 1.71 bits per heavy atom. The molecule has 1 saturated heterocycles. The first-order valence-corrected chi connectivity index (χ1v) is 7.18. The van der Waals surface area contributed by atoms with Crippen molar-refractivity contribution in [2.24, 2.45) is 0 Å². The molecule has 1 aliphatic rings. The molecule has 0 spiro atoms. The molecule has 0 saturated carbocycles. The first kappa shape index (κ1) is 15.5. The zero-order valence-electron chi connectivity index (χ0n) is 12.5. The maximum absolute atomic E-state index is 11.9. The predicted molar refractivity (Wildman–Crippen MR) is 82.2 cm³/mol. The van der Waals surface area contributed by atoms with E-state index in [9.17, 15) is 19.5 Å². The first-order chi connectivity index (χ1) is 11.5. The molecule has 0 unspecified atom stereocenters. The molecule has 0 radical (unpaired) electrons. The molecule has 7 heteroatoms. The van der Waals surface area contributed by atoms with Gasteiger partial charge in [-0.05, 0) is 35.9 Å². The van der Waals surface area contributed by atoms with Gasteiger partial charge in [0.25, 0.3) is 11.8 Å². The van der Waals surface area contributed by atoms with Crippen molar-refractivity contribution >= 4 is 29.9 Å². The number of amides is 2. The molecule has 1 N–H and O–H groups in total. The molecule has 1 aliphatic heterocycles. The van der Waals surface area contributed by atoms with Crippen LogP contribution in [0.15, 0.2) is 40.8 Å². The molecular weight excluding hydrogens is 314 g/mol. The highest BCUT2D eigenvalue weighted by molar-refractivity contribution is 6.02. The van der Waals surface area contributed by atoms with Crippen LogP contribution in [0.2, 0.25) is 0 Å². The smallest absolute Gasteiger partial charge is 0.399 e. The number of phenolic OH excluding ortho intramolecular Hbond substituents is 1. The first-order valence-electron chi connectivity index (χ1n) is 7.18. The number of carbonyl (C=O) groups is 3. The summed E-state index contributed by atoms with van der Waals surface area (Å²) >= 11 is 0. The Morgan fingerprint density at radius 3 is 2.38 bits per heavy atom. The van der Waals surface area contributed by atoms with Crippen LogP contribution in [0.1, 0.15) is 34.7 Å². The summed E-state index contributed by atoms with van der Waals surface area (Å²) in [6.45, 7) is 0. The van der Waals surface area contributed by atoms with Crippen LogP contribution in [-0.4, -0.2) is 28.0 Å². The lowest BCUT2D eigenvalue weighted by Crippen LogP contribution is -2.31. The van der Waals surface area contributed by atoms with Gasteiger partial charge in [0.05, 0.1) is 0 Å². The highest BCUT2D eigenvalue weighted by atomic mass is 16.7. The van der Waals surface area contributed by atoms with Gasteiger partial charge in [-0.25, -0.2) is 4.79 Å². The lowest BCUT2D eigenvalue weighted by Gasteiger charge is -2.10. The monoisotopic (exact) mass is 327 g/mol. The fourth-order valence-corrected chi connectivity index (χ4v) is 2.10. The average molecular weight is 327 g/mol. The number of rotatable bonds is 4. The summed E-state index contributed by atoms with van der Waals surface area (Å²) in [5, 5.41) is 9.68. The topological polar surface area (TPSA) is 97.0 Å². The number of imide groups is 1. The summed E-state index contributed by atoms with van der Waals surface area (Å²) < 4.78 is 5.31. The summed E-state index contributed by atoms with van der Waals surface area (Å²) in [5.41, 5.74) is 0.835. The van der Waals surface area contributed by atoms with Crippen LogP contribution >= 0.6 is 0 Å². The van der Waals surface area contributed by atoms with E-state index in [1.165, 1.54) is 6.07 Å². The summed E-state index contributed by atoms with van der Waals surface area (Å²) in [6.07, 6.45) is 3.44. The minimum atomic E-state index is -0.914. The Bertz CT molecular complexity index is 802. The second kappa shape index (κ2) is 6.41. The van der Waals surface area contributed by atoms with Gasteiger partial charge >= 0.3 is 5.97 Å². The van der Waals surface area contributed by atoms with E-state index in [2.05, 4.69) is 0 Å². The molecule has 2 aromatic rings. The van der Waals surface area contributed by atoms with Gasteiger partial charge in [-0.2, -0.15) is 0 Å². The van der Waals surface area contributed by atoms with Crippen LogP contribution in [0.3, 0.4) is 0 Å². The molecule has 0 bridgehead atoms. The van der Waals surface area contributed by atoms with Gasteiger partial charge in [-0.1, -0.05) is 18.2 Å². The van der Waals surface area contributed by atoms with Crippen molar-refractivity contribution in [3.8, 4) is 5.75 Å². The molecule has 1 aromatic carbocycles. The zero-order chi connectivity index (χ0) is 17.1. The number of hydrogen-bond acceptors (Lipinski definition) is 6. The second-order valence-corrected chi connectivity index (χ2v) is 5.09. The number of benzene rings is 1. The molecule has 3 rings (SSSR count). The van der Waals surface area contributed by atoms with Crippen molar-refractivity contribution in [2.45, 2.75) is 12.8 Å². The third-order valence-corrected chi connectivity index (χ3v) is 3.34. The highest BCUT2D eigenvalue weighted by Crippen LogP contribution is 2.17. The van der Waals surface area contributed by atoms with Crippen LogP contribution in [0.4, 0.5) is 0 Å². The summed E-state index contributed by atoms with van der Waals surface area (Å²) in [7, 11) is 0. The van der Waals surface area contributed by atoms with Gasteiger partial charge in [-0.15, -0.1) is 5.06 Å². The van der Waals surface area contributed by atoms with E-state index in [-0.39, 0.29) is 24.4 Å². The van der Waals surface area contributed by atoms with Gasteiger partial charge in [0.1, 0.15) is 11.5 Å². The fraction of sp³-hybridized carbons (Fsp3) is 0.118. The number of aromatic hydroxyl groups is 1. The van der Waals surface area contributed by atoms with E-state index in [0.717, 1.165) is 5.56 Å². The van der Waals surface area contributed by atoms with Gasteiger partial charge in [-0.3, -0.25) is 9.59 Å². The largest absolute Gasteiger partial charge is 0.508 e. The van der Waals surface area contributed by atoms with Crippen LogP contribution in [-0.2, 0) is 14.4 Å². The van der Waals surface area contributed by atoms with Crippen molar-refractivity contribution < 1.29 is 28.7 Å². The minimum absolute atomic E-state index is 0.0326. The lowest BCUT2D eigenvalue weighted by atomic mass is 10.2. The van der Waals surface area contributed by atoms with Crippen molar-refractivity contribution in [1.82, 2.24) is 5.06 Å². The van der Waals surface area contributed by atoms with Crippen molar-refractivity contribution in [3.63, 3.8) is 0 Å². The SMILES string of the molecule is O=C(ON1C(=O)CCC1=O)c1ccc(/C=C/c2ccc(O)cc2)o1. The number of hydrogen-bond donors (Lipinski definition) is 1. The quantitative estimate of drug-likeness (QED) is 0.866. The Balaban J connectivity index is 1.66. The maximum atomic E-state index is 11.9. The van der Waals surface area contributed by atoms with Crippen molar-refractivity contribution in [3.05, 3.63) is 53.5 Å². The van der Waals surface area contributed by atoms with E-state index in [0.29, 0.717) is 10.8 Å². The predicted octanol–water partition coefficient (Wildman–Crippen LogP) is 2.38. The molecule has 122 valence electrons. The fourth-order valence-electron chi connectivity index (χ4n) is 2.10. The standard InChI is InChI=1S/C17H13NO6/c19-12-4-1-11(2-5-12)3-6-13-7-8-14(23-13)17(22)24-18-15(20)9-10-16(18)21/h1-8,19H,9-10H2/b6-3+. The van der Waals surface area contributed by atoms with Gasteiger partial charge in [0.2, 0.25) is 5.76 Å². The summed E-state index contributed by atoms with van der Waals surface area (Å²) in [4.78, 5) is 39.5. The molecule has 0 atom stereocenters. The summed E-state index contributed by atoms with van der Waals surface area (Å²) in [5.74, 6) is -1.56. The minimum Gasteiger partial charge on any atom is -0.508 e. The lowest BCUT2D eigenvalue weighted by molar-refractivity contribution is -0.173. The Morgan fingerprint density at radius 1 is 1.04 bits per heavy atom. The average Bonchev–Trinajstić information content (AvgIpc) is 3.16. The van der Waals surface area contributed by atoms with E-state index in [4.69, 9.17) is 9.25 Å². The van der Waals surface area contributed by atoms with Gasteiger partial charge < -0.3 is 14.4 Å². The number of nitrogens with zero attached hydrogens (tertiary/aromatic N) is 1. The third-order valence-electron chi connectivity index (χ3n) is 3.34. The Kier molecular flexibility index (Phi) is 4.15.